The molecule has 5 rings (SSSR count). The number of ether oxygens (including phenoxy) is 1. The molecule has 1 spiro atoms. The lowest BCUT2D eigenvalue weighted by Gasteiger charge is -2.52. The van der Waals surface area contributed by atoms with Crippen LogP contribution in [0.5, 0.6) is 0 Å². The van der Waals surface area contributed by atoms with E-state index in [2.05, 4.69) is 5.32 Å². The summed E-state index contributed by atoms with van der Waals surface area (Å²) in [5.41, 5.74) is 3.12. The molecule has 0 radical (unpaired) electrons. The fraction of sp³-hybridized carbons (Fsp3) is 0.375. The van der Waals surface area contributed by atoms with E-state index in [1.54, 1.807) is 0 Å². The van der Waals surface area contributed by atoms with E-state index in [0.717, 1.165) is 35.2 Å². The number of hydrogen-bond acceptors (Lipinski definition) is 4. The van der Waals surface area contributed by atoms with Gasteiger partial charge < -0.3 is 9.64 Å². The van der Waals surface area contributed by atoms with Gasteiger partial charge in [0, 0.05) is 24.1 Å². The topological polar surface area (TPSA) is 75.7 Å². The fourth-order valence-electron chi connectivity index (χ4n) is 4.91. The molecule has 2 aromatic carbocycles. The molecule has 160 valence electrons. The number of hydrogen-bond donors (Lipinski definition) is 1. The molecule has 1 unspecified atom stereocenters. The largest absolute Gasteiger partial charge is 0.376 e. The summed E-state index contributed by atoms with van der Waals surface area (Å²) < 4.78 is 5.45. The quantitative estimate of drug-likeness (QED) is 0.739. The number of carbonyl (C=O) groups is 3. The minimum absolute atomic E-state index is 0.139. The van der Waals surface area contributed by atoms with Gasteiger partial charge in [-0.15, -0.1) is 0 Å². The minimum atomic E-state index is -0.436. The molecule has 0 saturated carbocycles. The number of nitrogens with zero attached hydrogens (tertiary/aromatic N) is 1. The monoisotopic (exact) mass is 438 g/mol. The van der Waals surface area contributed by atoms with Gasteiger partial charge in [0.15, 0.2) is 0 Å². The number of carbonyl (C=O) groups excluding carboxylic acids is 3. The average molecular weight is 439 g/mol. The first-order chi connectivity index (χ1) is 15.0. The molecule has 3 aliphatic rings. The second kappa shape index (κ2) is 7.77. The maximum atomic E-state index is 12.7. The van der Waals surface area contributed by atoms with Crippen molar-refractivity contribution >= 4 is 35.0 Å². The first kappa shape index (κ1) is 20.2. The maximum absolute atomic E-state index is 12.7. The second-order valence-electron chi connectivity index (χ2n) is 8.56. The first-order valence-electron chi connectivity index (χ1n) is 10.6. The van der Waals surface area contributed by atoms with Crippen LogP contribution >= 0.6 is 11.6 Å². The highest BCUT2D eigenvalue weighted by Crippen LogP contribution is 2.41. The predicted molar refractivity (Wildman–Crippen MR) is 117 cm³/mol. The summed E-state index contributed by atoms with van der Waals surface area (Å²) in [6.45, 7) is 1.17. The molecule has 3 fully saturated rings. The summed E-state index contributed by atoms with van der Waals surface area (Å²) in [5, 5.41) is 2.91. The van der Waals surface area contributed by atoms with Gasteiger partial charge in [0.2, 0.25) is 17.7 Å². The van der Waals surface area contributed by atoms with Gasteiger partial charge in [-0.3, -0.25) is 19.7 Å². The highest BCUT2D eigenvalue weighted by atomic mass is 35.5. The number of imide groups is 1. The van der Waals surface area contributed by atoms with Gasteiger partial charge in [0.25, 0.3) is 0 Å². The zero-order valence-corrected chi connectivity index (χ0v) is 17.8. The Hall–Kier alpha value is -2.70. The lowest BCUT2D eigenvalue weighted by Crippen LogP contribution is -2.66. The Bertz CT molecular complexity index is 1060. The van der Waals surface area contributed by atoms with Crippen molar-refractivity contribution in [3.05, 3.63) is 53.1 Å². The summed E-state index contributed by atoms with van der Waals surface area (Å²) >= 11 is 6.72. The number of piperidine rings is 2. The molecule has 7 heteroatoms. The Morgan fingerprint density at radius 2 is 1.81 bits per heavy atom. The van der Waals surface area contributed by atoms with Crippen LogP contribution in [-0.2, 0) is 19.1 Å². The maximum Gasteiger partial charge on any atom is 0.234 e. The molecule has 2 aromatic rings. The van der Waals surface area contributed by atoms with E-state index in [1.165, 1.54) is 0 Å². The lowest BCUT2D eigenvalue weighted by atomic mass is 9.84. The number of halogens is 1. The average Bonchev–Trinajstić information content (AvgIpc) is 2.73. The molecule has 6 nitrogen and oxygen atoms in total. The van der Waals surface area contributed by atoms with Gasteiger partial charge in [-0.2, -0.15) is 0 Å². The molecular formula is C24H23ClN2O4. The number of amides is 3. The highest BCUT2D eigenvalue weighted by Gasteiger charge is 2.49. The SMILES string of the molecule is O=C1CCC(c2cccc(-c3ccc(N4C(=O)CCCC45COC5)cc3)c2Cl)C(=O)N1. The minimum Gasteiger partial charge on any atom is -0.376 e. The van der Waals surface area contributed by atoms with Crippen LogP contribution in [0.25, 0.3) is 11.1 Å². The Labute approximate surface area is 185 Å². The van der Waals surface area contributed by atoms with Crippen LogP contribution in [0.2, 0.25) is 5.02 Å². The molecular weight excluding hydrogens is 416 g/mol. The first-order valence-corrected chi connectivity index (χ1v) is 11.0. The normalized spacial score (nSPS) is 22.9. The summed E-state index contributed by atoms with van der Waals surface area (Å²) in [6, 6.07) is 13.5. The molecule has 3 saturated heterocycles. The third-order valence-corrected chi connectivity index (χ3v) is 7.00. The highest BCUT2D eigenvalue weighted by molar-refractivity contribution is 6.34. The van der Waals surface area contributed by atoms with Crippen molar-refractivity contribution < 1.29 is 19.1 Å². The van der Waals surface area contributed by atoms with Crippen LogP contribution in [0, 0.1) is 0 Å². The predicted octanol–water partition coefficient (Wildman–Crippen LogP) is 3.81. The fourth-order valence-corrected chi connectivity index (χ4v) is 5.27. The molecule has 3 amide bonds. The van der Waals surface area contributed by atoms with Gasteiger partial charge in [0.05, 0.1) is 29.7 Å². The molecule has 0 aromatic heterocycles. The Kier molecular flexibility index (Phi) is 5.07. The number of anilines is 1. The van der Waals surface area contributed by atoms with E-state index >= 15 is 0 Å². The van der Waals surface area contributed by atoms with Gasteiger partial charge >= 0.3 is 0 Å². The molecule has 0 bridgehead atoms. The van der Waals surface area contributed by atoms with E-state index in [-0.39, 0.29) is 23.3 Å². The smallest absolute Gasteiger partial charge is 0.234 e. The lowest BCUT2D eigenvalue weighted by molar-refractivity contribution is -0.134. The van der Waals surface area contributed by atoms with Crippen molar-refractivity contribution in [3.63, 3.8) is 0 Å². The standard InChI is InChI=1S/C24H23ClN2O4/c25-22-17(3-1-4-18(22)19-10-11-20(28)26-23(19)30)15-6-8-16(9-7-15)27-21(29)5-2-12-24(27)13-31-14-24/h1,3-4,6-9,19H,2,5,10-14H2,(H,26,28,30). The van der Waals surface area contributed by atoms with Gasteiger partial charge in [-0.05, 0) is 42.5 Å². The van der Waals surface area contributed by atoms with Crippen molar-refractivity contribution in [2.45, 2.75) is 43.6 Å². The van der Waals surface area contributed by atoms with Gasteiger partial charge in [-0.25, -0.2) is 0 Å². The second-order valence-corrected chi connectivity index (χ2v) is 8.94. The van der Waals surface area contributed by atoms with Crippen LogP contribution in [0.4, 0.5) is 5.69 Å². The zero-order valence-electron chi connectivity index (χ0n) is 17.0. The molecule has 1 N–H and O–H groups in total. The zero-order chi connectivity index (χ0) is 21.6. The Morgan fingerprint density at radius 3 is 2.48 bits per heavy atom. The summed E-state index contributed by atoms with van der Waals surface area (Å²) in [7, 11) is 0. The molecule has 31 heavy (non-hydrogen) atoms. The van der Waals surface area contributed by atoms with Crippen molar-refractivity contribution in [3.8, 4) is 11.1 Å². The van der Waals surface area contributed by atoms with Crippen molar-refractivity contribution in [1.29, 1.82) is 0 Å². The van der Waals surface area contributed by atoms with Crippen LogP contribution in [-0.4, -0.2) is 36.5 Å². The van der Waals surface area contributed by atoms with Gasteiger partial charge in [0.1, 0.15) is 0 Å². The Morgan fingerprint density at radius 1 is 1.03 bits per heavy atom. The molecule has 0 aliphatic carbocycles. The van der Waals surface area contributed by atoms with Crippen LogP contribution in [0.3, 0.4) is 0 Å². The van der Waals surface area contributed by atoms with E-state index in [4.69, 9.17) is 16.3 Å². The summed E-state index contributed by atoms with van der Waals surface area (Å²) in [4.78, 5) is 38.4. The van der Waals surface area contributed by atoms with Gasteiger partial charge in [-0.1, -0.05) is 41.9 Å². The van der Waals surface area contributed by atoms with Crippen LogP contribution in [0.1, 0.15) is 43.6 Å². The van der Waals surface area contributed by atoms with Crippen molar-refractivity contribution in [2.24, 2.45) is 0 Å². The molecule has 3 heterocycles. The molecule has 3 aliphatic heterocycles. The number of benzene rings is 2. The van der Waals surface area contributed by atoms with E-state index in [9.17, 15) is 14.4 Å². The van der Waals surface area contributed by atoms with Crippen molar-refractivity contribution in [1.82, 2.24) is 5.32 Å². The van der Waals surface area contributed by atoms with E-state index in [1.807, 2.05) is 47.4 Å². The van der Waals surface area contributed by atoms with Crippen LogP contribution < -0.4 is 10.2 Å². The van der Waals surface area contributed by atoms with Crippen molar-refractivity contribution in [2.75, 3.05) is 18.1 Å². The number of nitrogens with one attached hydrogen (secondary N) is 1. The summed E-state index contributed by atoms with van der Waals surface area (Å²) in [5.74, 6) is -0.845. The third-order valence-electron chi connectivity index (χ3n) is 6.58. The Balaban J connectivity index is 1.45. The number of rotatable bonds is 3. The van der Waals surface area contributed by atoms with Crippen LogP contribution in [0.15, 0.2) is 42.5 Å². The summed E-state index contributed by atoms with van der Waals surface area (Å²) in [6.07, 6.45) is 3.18. The van der Waals surface area contributed by atoms with E-state index in [0.29, 0.717) is 37.5 Å². The third kappa shape index (κ3) is 3.44. The van der Waals surface area contributed by atoms with E-state index < -0.39 is 5.92 Å². The molecule has 1 atom stereocenters.